The van der Waals surface area contributed by atoms with Gasteiger partial charge >= 0.3 is 12.3 Å². The monoisotopic (exact) mass is 310 g/mol. The highest BCUT2D eigenvalue weighted by molar-refractivity contribution is 6.42. The Balaban J connectivity index is 2.33. The van der Waals surface area contributed by atoms with Crippen LogP contribution in [0.1, 0.15) is 13.8 Å². The van der Waals surface area contributed by atoms with Crippen LogP contribution in [0, 0.1) is 0 Å². The molecule has 0 aromatic carbocycles. The second-order valence-corrected chi connectivity index (χ2v) is 4.61. The van der Waals surface area contributed by atoms with Crippen molar-refractivity contribution < 1.29 is 27.6 Å². The zero-order valence-electron chi connectivity index (χ0n) is 10.7. The van der Waals surface area contributed by atoms with E-state index in [0.717, 1.165) is 6.20 Å². The fraction of sp³-hybridized carbons (Fsp3) is 0.455. The molecule has 0 amide bonds. The van der Waals surface area contributed by atoms with E-state index >= 15 is 0 Å². The first kappa shape index (κ1) is 14.9. The zero-order chi connectivity index (χ0) is 15.1. The minimum absolute atomic E-state index is 0.00687. The van der Waals surface area contributed by atoms with Crippen molar-refractivity contribution in [2.24, 2.45) is 4.99 Å². The van der Waals surface area contributed by atoms with Crippen LogP contribution in [-0.2, 0) is 9.53 Å². The molecular formula is C11H12ClF3N3O2+. The number of esters is 1. The number of carbonyl (C=O) groups excluding carboxylic acids is 1. The molecule has 0 saturated heterocycles. The molecule has 0 fully saturated rings. The normalized spacial score (nSPS) is 22.5. The summed E-state index contributed by atoms with van der Waals surface area (Å²) in [6, 6.07) is 0. The number of hydrogen-bond donors (Lipinski definition) is 1. The van der Waals surface area contributed by atoms with Gasteiger partial charge in [-0.2, -0.15) is 4.99 Å². The van der Waals surface area contributed by atoms with Crippen molar-refractivity contribution in [3.05, 3.63) is 22.6 Å². The molecular weight excluding hydrogens is 299 g/mol. The van der Waals surface area contributed by atoms with Crippen LogP contribution in [0.15, 0.2) is 27.6 Å². The van der Waals surface area contributed by atoms with E-state index in [1.165, 1.54) is 6.92 Å². The highest BCUT2D eigenvalue weighted by Crippen LogP contribution is 2.25. The number of nitrogens with one attached hydrogen (secondary N) is 1. The van der Waals surface area contributed by atoms with E-state index in [4.69, 9.17) is 16.3 Å². The fourth-order valence-corrected chi connectivity index (χ4v) is 2.22. The molecule has 1 atom stereocenters. The number of fused-ring (bicyclic) bond motifs is 1. The molecule has 0 spiro atoms. The smallest absolute Gasteiger partial charge is 0.461 e. The maximum absolute atomic E-state index is 12.7. The molecule has 2 heterocycles. The Hall–Kier alpha value is -1.54. The Morgan fingerprint density at radius 2 is 2.25 bits per heavy atom. The molecule has 0 aromatic heterocycles. The van der Waals surface area contributed by atoms with E-state index in [-0.39, 0.29) is 33.0 Å². The molecule has 2 aliphatic rings. The molecule has 20 heavy (non-hydrogen) atoms. The van der Waals surface area contributed by atoms with Crippen molar-refractivity contribution in [3.8, 4) is 0 Å². The first-order valence-electron chi connectivity index (χ1n) is 5.80. The summed E-state index contributed by atoms with van der Waals surface area (Å²) in [5.41, 5.74) is 0.367. The van der Waals surface area contributed by atoms with Crippen LogP contribution in [0.5, 0.6) is 0 Å². The number of aliphatic imine (C=N–C) groups is 1. The van der Waals surface area contributed by atoms with Gasteiger partial charge in [0.15, 0.2) is 6.67 Å². The Bertz CT molecular complexity index is 540. The van der Waals surface area contributed by atoms with Gasteiger partial charge in [0.2, 0.25) is 5.70 Å². The maximum atomic E-state index is 12.7. The molecule has 0 bridgehead atoms. The summed E-state index contributed by atoms with van der Waals surface area (Å²) in [5.74, 6) is -0.463. The van der Waals surface area contributed by atoms with Gasteiger partial charge in [-0.25, -0.2) is 14.6 Å². The van der Waals surface area contributed by atoms with E-state index < -0.39 is 18.9 Å². The van der Waals surface area contributed by atoms with Gasteiger partial charge in [-0.1, -0.05) is 11.6 Å². The van der Waals surface area contributed by atoms with E-state index in [1.807, 2.05) is 0 Å². The summed E-state index contributed by atoms with van der Waals surface area (Å²) in [6.45, 7) is 2.90. The van der Waals surface area contributed by atoms with E-state index in [2.05, 4.69) is 4.99 Å². The predicted octanol–water partition coefficient (Wildman–Crippen LogP) is 0.951. The number of halogens is 4. The number of amidine groups is 1. The van der Waals surface area contributed by atoms with Gasteiger partial charge in [0, 0.05) is 13.1 Å². The van der Waals surface area contributed by atoms with E-state index in [1.54, 1.807) is 6.92 Å². The molecule has 0 aliphatic carbocycles. The molecule has 2 aliphatic heterocycles. The number of hydrogen-bond acceptors (Lipinski definition) is 4. The lowest BCUT2D eigenvalue weighted by atomic mass is 10.3. The van der Waals surface area contributed by atoms with Crippen LogP contribution < -0.4 is 4.90 Å². The number of quaternary nitrogens is 1. The SMILES string of the molecule is CCOC(=O)C1=C(C)[NH+]2CN(C(F)(F)F)C=C(Cl)C2=N1. The summed E-state index contributed by atoms with van der Waals surface area (Å²) in [7, 11) is 0. The number of carbonyl (C=O) groups is 1. The van der Waals surface area contributed by atoms with E-state index in [0.29, 0.717) is 5.70 Å². The van der Waals surface area contributed by atoms with Crippen LogP contribution in [0.25, 0.3) is 0 Å². The quantitative estimate of drug-likeness (QED) is 0.610. The first-order valence-corrected chi connectivity index (χ1v) is 6.18. The van der Waals surface area contributed by atoms with Gasteiger partial charge in [0.05, 0.1) is 6.61 Å². The third-order valence-electron chi connectivity index (χ3n) is 2.94. The van der Waals surface area contributed by atoms with Crippen molar-refractivity contribution in [1.29, 1.82) is 0 Å². The molecule has 1 unspecified atom stereocenters. The van der Waals surface area contributed by atoms with Crippen molar-refractivity contribution in [1.82, 2.24) is 4.90 Å². The minimum atomic E-state index is -4.54. The molecule has 2 rings (SSSR count). The third-order valence-corrected chi connectivity index (χ3v) is 3.21. The van der Waals surface area contributed by atoms with Gasteiger partial charge in [-0.3, -0.25) is 0 Å². The van der Waals surface area contributed by atoms with Gasteiger partial charge in [-0.05, 0) is 6.92 Å². The van der Waals surface area contributed by atoms with Crippen molar-refractivity contribution >= 4 is 23.4 Å². The van der Waals surface area contributed by atoms with Crippen molar-refractivity contribution in [2.45, 2.75) is 20.1 Å². The minimum Gasteiger partial charge on any atom is -0.461 e. The highest BCUT2D eigenvalue weighted by atomic mass is 35.5. The number of nitrogens with zero attached hydrogens (tertiary/aromatic N) is 2. The Labute approximate surface area is 117 Å². The van der Waals surface area contributed by atoms with Gasteiger partial charge < -0.3 is 4.74 Å². The molecule has 9 heteroatoms. The first-order chi connectivity index (χ1) is 9.25. The summed E-state index contributed by atoms with van der Waals surface area (Å²) in [4.78, 5) is 16.1. The van der Waals surface area contributed by atoms with Crippen LogP contribution in [-0.4, -0.2) is 36.3 Å². The van der Waals surface area contributed by atoms with Crippen molar-refractivity contribution in [3.63, 3.8) is 0 Å². The molecule has 5 nitrogen and oxygen atoms in total. The lowest BCUT2D eigenvalue weighted by molar-refractivity contribution is -0.778. The number of allylic oxidation sites excluding steroid dienone is 1. The topological polar surface area (TPSA) is 46.3 Å². The van der Waals surface area contributed by atoms with Gasteiger partial charge in [0.1, 0.15) is 10.7 Å². The van der Waals surface area contributed by atoms with Gasteiger partial charge in [-0.15, -0.1) is 13.2 Å². The number of ether oxygens (including phenoxy) is 1. The lowest BCUT2D eigenvalue weighted by Gasteiger charge is -2.30. The fourth-order valence-electron chi connectivity index (χ4n) is 1.95. The maximum Gasteiger partial charge on any atom is 0.488 e. The molecule has 110 valence electrons. The number of alkyl halides is 3. The summed E-state index contributed by atoms with van der Waals surface area (Å²) >= 11 is 5.82. The Kier molecular flexibility index (Phi) is 3.79. The predicted molar refractivity (Wildman–Crippen MR) is 64.4 cm³/mol. The van der Waals surface area contributed by atoms with Crippen molar-refractivity contribution in [2.75, 3.05) is 13.3 Å². The van der Waals surface area contributed by atoms with Gasteiger partial charge in [0.25, 0.3) is 5.84 Å². The molecule has 1 N–H and O–H groups in total. The standard InChI is InChI=1S/C11H11ClF3N3O2/c1-3-20-10(19)8-6(2)18-5-17(11(13,14)15)4-7(12)9(18)16-8/h4H,3,5H2,1-2H3/p+1. The second-order valence-electron chi connectivity index (χ2n) is 4.21. The van der Waals surface area contributed by atoms with Crippen LogP contribution in [0.4, 0.5) is 13.2 Å². The van der Waals surface area contributed by atoms with Crippen LogP contribution in [0.2, 0.25) is 0 Å². The molecule has 0 saturated carbocycles. The average Bonchev–Trinajstić information content (AvgIpc) is 2.67. The Morgan fingerprint density at radius 1 is 1.60 bits per heavy atom. The summed E-state index contributed by atoms with van der Waals surface area (Å²) in [6.07, 6.45) is -3.77. The largest absolute Gasteiger partial charge is 0.488 e. The lowest BCUT2D eigenvalue weighted by Crippen LogP contribution is -3.14. The summed E-state index contributed by atoms with van der Waals surface area (Å²) in [5, 5.41) is -0.151. The highest BCUT2D eigenvalue weighted by Gasteiger charge is 2.46. The third kappa shape index (κ3) is 2.53. The molecule has 0 aromatic rings. The zero-order valence-corrected chi connectivity index (χ0v) is 11.5. The number of rotatable bonds is 2. The van der Waals surface area contributed by atoms with Crippen LogP contribution in [0.3, 0.4) is 0 Å². The molecule has 0 radical (unpaired) electrons. The average molecular weight is 311 g/mol. The van der Waals surface area contributed by atoms with E-state index in [9.17, 15) is 18.0 Å². The summed E-state index contributed by atoms with van der Waals surface area (Å²) < 4.78 is 43.0. The Morgan fingerprint density at radius 3 is 2.80 bits per heavy atom. The second kappa shape index (κ2) is 5.10. The van der Waals surface area contributed by atoms with Crippen LogP contribution >= 0.6 is 11.6 Å².